The predicted molar refractivity (Wildman–Crippen MR) is 118 cm³/mol. The SMILES string of the molecule is Cn1cnc2ncn(Cc3nc(C4[C@H]5CN(C[C@@H](F)c6ccc(Cl)cc6)C[C@@H]45)no3)c(=O)c21. The zero-order valence-electron chi connectivity index (χ0n) is 17.8. The molecular formula is C22H21ClFN7O2. The van der Waals surface area contributed by atoms with Crippen LogP contribution in [0.15, 0.2) is 46.2 Å². The molecule has 0 spiro atoms. The van der Waals surface area contributed by atoms with E-state index in [4.69, 9.17) is 16.1 Å². The van der Waals surface area contributed by atoms with Gasteiger partial charge < -0.3 is 9.09 Å². The Kier molecular flexibility index (Phi) is 4.81. The Balaban J connectivity index is 1.08. The minimum atomic E-state index is -1.04. The molecule has 4 aromatic rings. The standard InChI is InChI=1S/C22H21ClFN7O2/c1-29-10-25-21-19(29)22(32)31(11-26-21)9-17-27-20(28-33-17)18-14-6-30(7-15(14)18)8-16(24)12-2-4-13(23)5-3-12/h2-5,10-11,14-16,18H,6-9H2,1H3/t14-,15+,16-,18?/m1/s1. The van der Waals surface area contributed by atoms with Crippen molar-refractivity contribution in [1.82, 2.24) is 34.1 Å². The number of fused-ring (bicyclic) bond motifs is 2. The van der Waals surface area contributed by atoms with Crippen molar-refractivity contribution in [2.45, 2.75) is 18.6 Å². The minimum Gasteiger partial charge on any atom is -0.337 e. The van der Waals surface area contributed by atoms with Crippen LogP contribution in [0.4, 0.5) is 4.39 Å². The zero-order chi connectivity index (χ0) is 22.7. The zero-order valence-corrected chi connectivity index (χ0v) is 18.6. The van der Waals surface area contributed by atoms with Crippen LogP contribution in [0.5, 0.6) is 0 Å². The monoisotopic (exact) mass is 469 g/mol. The molecule has 1 unspecified atom stereocenters. The lowest BCUT2D eigenvalue weighted by Gasteiger charge is -2.21. The molecule has 11 heteroatoms. The van der Waals surface area contributed by atoms with E-state index in [9.17, 15) is 9.18 Å². The van der Waals surface area contributed by atoms with E-state index in [1.54, 1.807) is 42.2 Å². The smallest absolute Gasteiger partial charge is 0.280 e. The predicted octanol–water partition coefficient (Wildman–Crippen LogP) is 2.57. The topological polar surface area (TPSA) is 94.9 Å². The van der Waals surface area contributed by atoms with Gasteiger partial charge in [-0.2, -0.15) is 4.98 Å². The van der Waals surface area contributed by atoms with Gasteiger partial charge in [0.15, 0.2) is 17.0 Å². The number of rotatable bonds is 6. The molecule has 4 atom stereocenters. The summed E-state index contributed by atoms with van der Waals surface area (Å²) < 4.78 is 23.2. The van der Waals surface area contributed by atoms with Crippen LogP contribution in [0.3, 0.4) is 0 Å². The summed E-state index contributed by atoms with van der Waals surface area (Å²) in [7, 11) is 1.75. The number of alkyl halides is 1. The summed E-state index contributed by atoms with van der Waals surface area (Å²) in [4.78, 5) is 27.7. The van der Waals surface area contributed by atoms with Crippen LogP contribution in [0.1, 0.15) is 29.4 Å². The van der Waals surface area contributed by atoms with E-state index < -0.39 is 6.17 Å². The van der Waals surface area contributed by atoms with Crippen LogP contribution in [0, 0.1) is 11.8 Å². The van der Waals surface area contributed by atoms with Gasteiger partial charge in [-0.1, -0.05) is 28.9 Å². The second-order valence-electron chi connectivity index (χ2n) is 8.84. The maximum absolute atomic E-state index is 14.7. The molecule has 0 bridgehead atoms. The molecule has 9 nitrogen and oxygen atoms in total. The van der Waals surface area contributed by atoms with Gasteiger partial charge in [0.1, 0.15) is 19.0 Å². The van der Waals surface area contributed by atoms with Crippen LogP contribution < -0.4 is 5.56 Å². The van der Waals surface area contributed by atoms with Gasteiger partial charge in [0.2, 0.25) is 5.89 Å². The fraction of sp³-hybridized carbons (Fsp3) is 0.409. The Labute approximate surface area is 192 Å². The minimum absolute atomic E-state index is 0.152. The number of aromatic nitrogens is 6. The van der Waals surface area contributed by atoms with E-state index >= 15 is 0 Å². The van der Waals surface area contributed by atoms with Gasteiger partial charge in [-0.05, 0) is 29.5 Å². The van der Waals surface area contributed by atoms with E-state index in [-0.39, 0.29) is 18.0 Å². The van der Waals surface area contributed by atoms with Gasteiger partial charge in [0.25, 0.3) is 5.56 Å². The third kappa shape index (κ3) is 3.63. The van der Waals surface area contributed by atoms with Crippen LogP contribution in [-0.2, 0) is 13.6 Å². The van der Waals surface area contributed by atoms with Crippen molar-refractivity contribution in [3.05, 3.63) is 69.6 Å². The van der Waals surface area contributed by atoms with Gasteiger partial charge in [0, 0.05) is 37.6 Å². The number of piperidine rings is 1. The van der Waals surface area contributed by atoms with Gasteiger partial charge in [0.05, 0.1) is 6.33 Å². The number of hydrogen-bond donors (Lipinski definition) is 0. The summed E-state index contributed by atoms with van der Waals surface area (Å²) in [6, 6.07) is 6.90. The number of imidazole rings is 1. The van der Waals surface area contributed by atoms with Crippen LogP contribution in [0.2, 0.25) is 5.02 Å². The number of halogens is 2. The highest BCUT2D eigenvalue weighted by Gasteiger charge is 2.58. The number of aryl methyl sites for hydroxylation is 1. The molecule has 3 aromatic heterocycles. The van der Waals surface area contributed by atoms with E-state index in [1.165, 1.54) is 10.9 Å². The second kappa shape index (κ2) is 7.74. The van der Waals surface area contributed by atoms with Crippen LogP contribution >= 0.6 is 11.6 Å². The van der Waals surface area contributed by atoms with Gasteiger partial charge >= 0.3 is 0 Å². The molecule has 1 aliphatic heterocycles. The lowest BCUT2D eigenvalue weighted by molar-refractivity contribution is 0.204. The Morgan fingerprint density at radius 2 is 1.91 bits per heavy atom. The maximum Gasteiger partial charge on any atom is 0.280 e. The Morgan fingerprint density at radius 3 is 2.67 bits per heavy atom. The van der Waals surface area contributed by atoms with Crippen molar-refractivity contribution in [2.75, 3.05) is 19.6 Å². The van der Waals surface area contributed by atoms with Gasteiger partial charge in [-0.15, -0.1) is 0 Å². The number of hydrogen-bond acceptors (Lipinski definition) is 7. The van der Waals surface area contributed by atoms with E-state index in [1.807, 2.05) is 0 Å². The summed E-state index contributed by atoms with van der Waals surface area (Å²) in [6.07, 6.45) is 1.96. The highest BCUT2D eigenvalue weighted by molar-refractivity contribution is 6.30. The lowest BCUT2D eigenvalue weighted by atomic mass is 10.1. The largest absolute Gasteiger partial charge is 0.337 e. The van der Waals surface area contributed by atoms with Crippen molar-refractivity contribution in [3.8, 4) is 0 Å². The molecule has 2 aliphatic rings. The summed E-state index contributed by atoms with van der Waals surface area (Å²) >= 11 is 5.89. The summed E-state index contributed by atoms with van der Waals surface area (Å²) in [5.41, 5.74) is 1.28. The van der Waals surface area contributed by atoms with Crippen molar-refractivity contribution < 1.29 is 8.91 Å². The molecule has 0 radical (unpaired) electrons. The number of benzene rings is 1. The molecule has 2 fully saturated rings. The third-order valence-corrected chi connectivity index (χ3v) is 6.96. The lowest BCUT2D eigenvalue weighted by Crippen LogP contribution is -2.28. The first-order chi connectivity index (χ1) is 16.0. The van der Waals surface area contributed by atoms with Crippen LogP contribution in [-0.4, -0.2) is 53.8 Å². The fourth-order valence-electron chi connectivity index (χ4n) is 4.95. The Hall–Kier alpha value is -3.11. The molecule has 0 N–H and O–H groups in total. The molecule has 1 saturated heterocycles. The van der Waals surface area contributed by atoms with Crippen molar-refractivity contribution in [3.63, 3.8) is 0 Å². The van der Waals surface area contributed by atoms with Crippen LogP contribution in [0.25, 0.3) is 11.2 Å². The van der Waals surface area contributed by atoms with Crippen molar-refractivity contribution in [2.24, 2.45) is 18.9 Å². The molecule has 1 saturated carbocycles. The fourth-order valence-corrected chi connectivity index (χ4v) is 5.07. The molecule has 0 amide bonds. The quantitative estimate of drug-likeness (QED) is 0.428. The average molecular weight is 470 g/mol. The Morgan fingerprint density at radius 1 is 1.18 bits per heavy atom. The highest BCUT2D eigenvalue weighted by Crippen LogP contribution is 2.57. The van der Waals surface area contributed by atoms with Gasteiger partial charge in [-0.3, -0.25) is 14.3 Å². The molecular weight excluding hydrogens is 449 g/mol. The summed E-state index contributed by atoms with van der Waals surface area (Å²) in [6.45, 7) is 2.14. The van der Waals surface area contributed by atoms with Gasteiger partial charge in [-0.25, -0.2) is 14.4 Å². The first-order valence-electron chi connectivity index (χ1n) is 10.8. The van der Waals surface area contributed by atoms with E-state index in [2.05, 4.69) is 25.0 Å². The van der Waals surface area contributed by atoms with E-state index in [0.717, 1.165) is 13.1 Å². The maximum atomic E-state index is 14.7. The average Bonchev–Trinajstić information content (AvgIpc) is 3.19. The molecule has 1 aliphatic carbocycles. The highest BCUT2D eigenvalue weighted by atomic mass is 35.5. The molecule has 6 rings (SSSR count). The first-order valence-corrected chi connectivity index (χ1v) is 11.2. The molecule has 33 heavy (non-hydrogen) atoms. The first kappa shape index (κ1) is 20.5. The number of likely N-dealkylation sites (tertiary alicyclic amines) is 1. The molecule has 170 valence electrons. The molecule has 4 heterocycles. The summed E-state index contributed by atoms with van der Waals surface area (Å²) in [5, 5.41) is 4.76. The van der Waals surface area contributed by atoms with E-state index in [0.29, 0.717) is 51.8 Å². The number of nitrogens with zero attached hydrogens (tertiary/aromatic N) is 7. The normalized spacial score (nSPS) is 23.2. The van der Waals surface area contributed by atoms with Crippen molar-refractivity contribution in [1.29, 1.82) is 0 Å². The Bertz CT molecular complexity index is 1370. The molecule has 1 aromatic carbocycles. The second-order valence-corrected chi connectivity index (χ2v) is 9.28. The third-order valence-electron chi connectivity index (χ3n) is 6.71. The summed E-state index contributed by atoms with van der Waals surface area (Å²) in [5.74, 6) is 2.06. The van der Waals surface area contributed by atoms with Crippen molar-refractivity contribution >= 4 is 22.8 Å².